The van der Waals surface area contributed by atoms with Crippen molar-refractivity contribution in [1.29, 1.82) is 0 Å². The van der Waals surface area contributed by atoms with Crippen molar-refractivity contribution in [2.45, 2.75) is 64.6 Å². The van der Waals surface area contributed by atoms with Gasteiger partial charge in [-0.25, -0.2) is 0 Å². The zero-order valence-corrected chi connectivity index (χ0v) is 11.3. The zero-order chi connectivity index (χ0) is 12.8. The number of hydrogen-bond donors (Lipinski definition) is 0. The molecule has 1 saturated carbocycles. The maximum absolute atomic E-state index is 11.8. The molecule has 0 aromatic heterocycles. The van der Waals surface area contributed by atoms with Crippen LogP contribution in [-0.2, 0) is 19.0 Å². The summed E-state index contributed by atoms with van der Waals surface area (Å²) in [4.78, 5) is 11.8. The number of rotatable bonds is 2. The molecular weight excluding hydrogens is 220 g/mol. The van der Waals surface area contributed by atoms with E-state index in [1.54, 1.807) is 0 Å². The highest BCUT2D eigenvalue weighted by molar-refractivity contribution is 5.86. The van der Waals surface area contributed by atoms with Gasteiger partial charge in [-0.2, -0.15) is 0 Å². The molecule has 0 N–H and O–H groups in total. The Balaban J connectivity index is 1.99. The van der Waals surface area contributed by atoms with Crippen LogP contribution in [0.25, 0.3) is 0 Å². The summed E-state index contributed by atoms with van der Waals surface area (Å²) in [5, 5.41) is 0. The van der Waals surface area contributed by atoms with Crippen molar-refractivity contribution in [1.82, 2.24) is 0 Å². The van der Waals surface area contributed by atoms with Crippen molar-refractivity contribution in [2.24, 2.45) is 5.92 Å². The third-order valence-corrected chi connectivity index (χ3v) is 3.10. The Bertz CT molecular complexity index is 316. The van der Waals surface area contributed by atoms with E-state index >= 15 is 0 Å². The highest BCUT2D eigenvalue weighted by atomic mass is 16.8. The van der Waals surface area contributed by atoms with Gasteiger partial charge < -0.3 is 14.2 Å². The fourth-order valence-corrected chi connectivity index (χ4v) is 2.38. The molecule has 98 valence electrons. The van der Waals surface area contributed by atoms with E-state index in [2.05, 4.69) is 0 Å². The smallest absolute Gasteiger partial charge is 0.164 e. The predicted octanol–water partition coefficient (Wildman–Crippen LogP) is 1.91. The van der Waals surface area contributed by atoms with Crippen LogP contribution in [0.15, 0.2) is 0 Å². The molecule has 1 aliphatic heterocycles. The Kier molecular flexibility index (Phi) is 3.09. The first kappa shape index (κ1) is 13.0. The molecule has 0 radical (unpaired) electrons. The largest absolute Gasteiger partial charge is 0.375 e. The van der Waals surface area contributed by atoms with Crippen molar-refractivity contribution in [3.63, 3.8) is 0 Å². The maximum Gasteiger partial charge on any atom is 0.164 e. The molecule has 0 amide bonds. The summed E-state index contributed by atoms with van der Waals surface area (Å²) < 4.78 is 17.2. The van der Waals surface area contributed by atoms with Gasteiger partial charge in [0.25, 0.3) is 0 Å². The van der Waals surface area contributed by atoms with E-state index in [1.165, 1.54) is 0 Å². The molecule has 4 heteroatoms. The molecule has 1 heterocycles. The lowest BCUT2D eigenvalue weighted by Gasteiger charge is -2.25. The van der Waals surface area contributed by atoms with E-state index in [9.17, 15) is 4.79 Å². The van der Waals surface area contributed by atoms with Gasteiger partial charge in [-0.15, -0.1) is 0 Å². The van der Waals surface area contributed by atoms with Gasteiger partial charge in [0.1, 0.15) is 6.10 Å². The van der Waals surface area contributed by atoms with Gasteiger partial charge in [-0.3, -0.25) is 4.79 Å². The fourth-order valence-electron chi connectivity index (χ4n) is 2.38. The average molecular weight is 242 g/mol. The van der Waals surface area contributed by atoms with Crippen LogP contribution in [0, 0.1) is 5.92 Å². The predicted molar refractivity (Wildman–Crippen MR) is 62.6 cm³/mol. The standard InChI is InChI=1S/C13H22O4/c1-12(2,3)15-7-8-6-9(14)11-10(8)16-13(4,5)17-11/h8,10-11H,6-7H2,1-5H3/t8?,10-,11+/m0/s1. The van der Waals surface area contributed by atoms with E-state index in [-0.39, 0.29) is 23.4 Å². The Morgan fingerprint density at radius 1 is 1.35 bits per heavy atom. The van der Waals surface area contributed by atoms with Crippen LogP contribution < -0.4 is 0 Å². The van der Waals surface area contributed by atoms with Crippen molar-refractivity contribution < 1.29 is 19.0 Å². The van der Waals surface area contributed by atoms with Gasteiger partial charge in [0.05, 0.1) is 18.3 Å². The van der Waals surface area contributed by atoms with Crippen LogP contribution in [0.4, 0.5) is 0 Å². The molecule has 0 bridgehead atoms. The highest BCUT2D eigenvalue weighted by Crippen LogP contribution is 2.40. The minimum absolute atomic E-state index is 0.119. The maximum atomic E-state index is 11.8. The van der Waals surface area contributed by atoms with Gasteiger partial charge in [-0.05, 0) is 34.6 Å². The third-order valence-electron chi connectivity index (χ3n) is 3.10. The van der Waals surface area contributed by atoms with E-state index in [4.69, 9.17) is 14.2 Å². The first-order chi connectivity index (χ1) is 7.68. The molecule has 17 heavy (non-hydrogen) atoms. The second kappa shape index (κ2) is 4.04. The number of fused-ring (bicyclic) bond motifs is 1. The summed E-state index contributed by atoms with van der Waals surface area (Å²) in [6.07, 6.45) is -0.0278. The molecule has 0 aromatic rings. The van der Waals surface area contributed by atoms with Crippen LogP contribution in [0.1, 0.15) is 41.0 Å². The van der Waals surface area contributed by atoms with Crippen LogP contribution in [0.3, 0.4) is 0 Å². The molecule has 2 aliphatic rings. The number of ketones is 1. The quantitative estimate of drug-likeness (QED) is 0.742. The van der Waals surface area contributed by atoms with Gasteiger partial charge in [0.2, 0.25) is 0 Å². The van der Waals surface area contributed by atoms with Gasteiger partial charge in [0, 0.05) is 12.3 Å². The highest BCUT2D eigenvalue weighted by Gasteiger charge is 2.53. The Morgan fingerprint density at radius 3 is 2.59 bits per heavy atom. The summed E-state index contributed by atoms with van der Waals surface area (Å²) >= 11 is 0. The molecule has 1 aliphatic carbocycles. The molecule has 4 nitrogen and oxygen atoms in total. The first-order valence-corrected chi connectivity index (χ1v) is 6.20. The van der Waals surface area contributed by atoms with Crippen LogP contribution in [0.2, 0.25) is 0 Å². The lowest BCUT2D eigenvalue weighted by atomic mass is 10.1. The molecule has 2 rings (SSSR count). The number of hydrogen-bond acceptors (Lipinski definition) is 4. The molecule has 3 atom stereocenters. The average Bonchev–Trinajstić information content (AvgIpc) is 2.58. The zero-order valence-electron chi connectivity index (χ0n) is 11.3. The number of ether oxygens (including phenoxy) is 3. The third kappa shape index (κ3) is 2.87. The second-order valence-corrected chi connectivity index (χ2v) is 6.37. The van der Waals surface area contributed by atoms with Crippen molar-refractivity contribution in [3.8, 4) is 0 Å². The summed E-state index contributed by atoms with van der Waals surface area (Å²) in [5.41, 5.74) is -0.184. The number of carbonyl (C=O) groups excluding carboxylic acids is 1. The minimum Gasteiger partial charge on any atom is -0.375 e. The van der Waals surface area contributed by atoms with Gasteiger partial charge >= 0.3 is 0 Å². The molecule has 1 unspecified atom stereocenters. The van der Waals surface area contributed by atoms with E-state index in [0.717, 1.165) is 0 Å². The molecule has 0 aromatic carbocycles. The van der Waals surface area contributed by atoms with Crippen LogP contribution in [-0.4, -0.2) is 36.0 Å². The summed E-state index contributed by atoms with van der Waals surface area (Å²) in [7, 11) is 0. The fraction of sp³-hybridized carbons (Fsp3) is 0.923. The molecule has 1 saturated heterocycles. The minimum atomic E-state index is -0.647. The Morgan fingerprint density at radius 2 is 2.00 bits per heavy atom. The Hall–Kier alpha value is -0.450. The molecule has 2 fully saturated rings. The van der Waals surface area contributed by atoms with Gasteiger partial charge in [-0.1, -0.05) is 0 Å². The number of Topliss-reactive ketones (excluding diaryl/α,β-unsaturated/α-hetero) is 1. The van der Waals surface area contributed by atoms with Crippen molar-refractivity contribution in [2.75, 3.05) is 6.61 Å². The van der Waals surface area contributed by atoms with E-state index in [0.29, 0.717) is 13.0 Å². The van der Waals surface area contributed by atoms with Crippen LogP contribution >= 0.6 is 0 Å². The molecule has 0 spiro atoms. The Labute approximate surface area is 103 Å². The monoisotopic (exact) mass is 242 g/mol. The van der Waals surface area contributed by atoms with Crippen molar-refractivity contribution in [3.05, 3.63) is 0 Å². The second-order valence-electron chi connectivity index (χ2n) is 6.37. The van der Waals surface area contributed by atoms with Crippen molar-refractivity contribution >= 4 is 5.78 Å². The lowest BCUT2D eigenvalue weighted by Crippen LogP contribution is -2.31. The summed E-state index contributed by atoms with van der Waals surface area (Å²) in [6.45, 7) is 10.3. The van der Waals surface area contributed by atoms with Gasteiger partial charge in [0.15, 0.2) is 11.6 Å². The first-order valence-electron chi connectivity index (χ1n) is 6.20. The molecular formula is C13H22O4. The number of carbonyl (C=O) groups is 1. The van der Waals surface area contributed by atoms with E-state index in [1.807, 2.05) is 34.6 Å². The normalized spacial score (nSPS) is 36.3. The van der Waals surface area contributed by atoms with E-state index < -0.39 is 11.9 Å². The summed E-state index contributed by atoms with van der Waals surface area (Å²) in [5.74, 6) is -0.387. The lowest BCUT2D eigenvalue weighted by molar-refractivity contribution is -0.166. The van der Waals surface area contributed by atoms with Crippen LogP contribution in [0.5, 0.6) is 0 Å². The SMILES string of the molecule is CC(C)(C)OCC1CC(=O)[C@H]2OC(C)(C)O[C@@H]12. The summed E-state index contributed by atoms with van der Waals surface area (Å²) in [6, 6.07) is 0. The topological polar surface area (TPSA) is 44.8 Å².